The van der Waals surface area contributed by atoms with Gasteiger partial charge in [0, 0.05) is 17.1 Å². The first-order valence-corrected chi connectivity index (χ1v) is 5.39. The van der Waals surface area contributed by atoms with Gasteiger partial charge < -0.3 is 14.8 Å². The summed E-state index contributed by atoms with van der Waals surface area (Å²) >= 11 is 0. The van der Waals surface area contributed by atoms with Gasteiger partial charge in [0.25, 0.3) is 0 Å². The molecule has 1 aromatic carbocycles. The van der Waals surface area contributed by atoms with Gasteiger partial charge in [0.15, 0.2) is 5.60 Å². The van der Waals surface area contributed by atoms with Crippen LogP contribution < -0.4 is 0 Å². The number of carbonyl (C=O) groups is 1. The third kappa shape index (κ3) is 1.94. The number of nitriles is 1. The van der Waals surface area contributed by atoms with E-state index in [2.05, 4.69) is 6.07 Å². The minimum Gasteiger partial charge on any atom is -0.479 e. The minimum absolute atomic E-state index is 0.0687. The van der Waals surface area contributed by atoms with Crippen LogP contribution in [0.1, 0.15) is 12.5 Å². The molecule has 2 N–H and O–H groups in total. The Kier molecular flexibility index (Phi) is 2.81. The van der Waals surface area contributed by atoms with Crippen LogP contribution in [0.25, 0.3) is 10.9 Å². The van der Waals surface area contributed by atoms with Crippen molar-refractivity contribution in [3.8, 4) is 6.07 Å². The first kappa shape index (κ1) is 12.1. The molecule has 2 rings (SSSR count). The van der Waals surface area contributed by atoms with Crippen LogP contribution in [0.2, 0.25) is 0 Å². The van der Waals surface area contributed by atoms with Gasteiger partial charge in [0.1, 0.15) is 0 Å². The Labute approximate surface area is 103 Å². The van der Waals surface area contributed by atoms with Crippen molar-refractivity contribution in [1.29, 1.82) is 5.26 Å². The van der Waals surface area contributed by atoms with Gasteiger partial charge in [-0.15, -0.1) is 0 Å². The fourth-order valence-electron chi connectivity index (χ4n) is 1.86. The average molecular weight is 244 g/mol. The van der Waals surface area contributed by atoms with Gasteiger partial charge in [0.2, 0.25) is 0 Å². The molecule has 1 aromatic heterocycles. The van der Waals surface area contributed by atoms with E-state index in [0.29, 0.717) is 5.56 Å². The number of rotatable bonds is 3. The standard InChI is InChI=1S/C13H12N2O3/c1-13(18,12(16)17)8-15-6-5-10-9(7-14)3-2-4-11(10)15/h2-6,18H,8H2,1H3,(H,16,17). The molecule has 0 saturated heterocycles. The molecule has 0 bridgehead atoms. The van der Waals surface area contributed by atoms with E-state index < -0.39 is 11.6 Å². The highest BCUT2D eigenvalue weighted by Crippen LogP contribution is 2.21. The van der Waals surface area contributed by atoms with E-state index in [4.69, 9.17) is 10.4 Å². The first-order chi connectivity index (χ1) is 8.45. The summed E-state index contributed by atoms with van der Waals surface area (Å²) in [5.41, 5.74) is -0.578. The largest absolute Gasteiger partial charge is 0.479 e. The summed E-state index contributed by atoms with van der Waals surface area (Å²) in [5.74, 6) is -1.28. The molecule has 1 heterocycles. The average Bonchev–Trinajstić information content (AvgIpc) is 2.71. The molecular formula is C13H12N2O3. The molecular weight excluding hydrogens is 232 g/mol. The molecule has 18 heavy (non-hydrogen) atoms. The Morgan fingerprint density at radius 3 is 2.83 bits per heavy atom. The number of carboxylic acid groups (broad SMARTS) is 1. The van der Waals surface area contributed by atoms with E-state index >= 15 is 0 Å². The predicted octanol–water partition coefficient (Wildman–Crippen LogP) is 1.35. The second kappa shape index (κ2) is 4.17. The molecule has 0 aliphatic carbocycles. The maximum Gasteiger partial charge on any atom is 0.337 e. The number of aliphatic hydroxyl groups is 1. The molecule has 0 fully saturated rings. The highest BCUT2D eigenvalue weighted by molar-refractivity contribution is 5.86. The summed E-state index contributed by atoms with van der Waals surface area (Å²) in [5, 5.41) is 28.4. The van der Waals surface area contributed by atoms with Gasteiger partial charge in [-0.25, -0.2) is 4.79 Å². The number of fused-ring (bicyclic) bond motifs is 1. The topological polar surface area (TPSA) is 86.3 Å². The van der Waals surface area contributed by atoms with Gasteiger partial charge >= 0.3 is 5.97 Å². The Morgan fingerprint density at radius 1 is 1.50 bits per heavy atom. The third-order valence-electron chi connectivity index (χ3n) is 2.87. The second-order valence-corrected chi connectivity index (χ2v) is 4.37. The molecule has 0 aliphatic heterocycles. The van der Waals surface area contributed by atoms with Crippen molar-refractivity contribution < 1.29 is 15.0 Å². The molecule has 0 radical (unpaired) electrons. The zero-order valence-electron chi connectivity index (χ0n) is 9.79. The SMILES string of the molecule is CC(O)(Cn1ccc2c(C#N)cccc21)C(=O)O. The van der Waals surface area contributed by atoms with Crippen LogP contribution in [0, 0.1) is 11.3 Å². The number of hydrogen-bond donors (Lipinski definition) is 2. The van der Waals surface area contributed by atoms with Gasteiger partial charge in [-0.1, -0.05) is 6.07 Å². The zero-order valence-corrected chi connectivity index (χ0v) is 9.79. The maximum absolute atomic E-state index is 10.9. The number of nitrogens with zero attached hydrogens (tertiary/aromatic N) is 2. The number of aliphatic carboxylic acids is 1. The number of carboxylic acids is 1. The van der Waals surface area contributed by atoms with Crippen LogP contribution in [0.5, 0.6) is 0 Å². The van der Waals surface area contributed by atoms with Gasteiger partial charge in [-0.3, -0.25) is 0 Å². The van der Waals surface area contributed by atoms with Crippen LogP contribution >= 0.6 is 0 Å². The van der Waals surface area contributed by atoms with Crippen molar-refractivity contribution in [3.63, 3.8) is 0 Å². The fraction of sp³-hybridized carbons (Fsp3) is 0.231. The van der Waals surface area contributed by atoms with Crippen molar-refractivity contribution >= 4 is 16.9 Å². The van der Waals surface area contributed by atoms with E-state index in [1.807, 2.05) is 0 Å². The van der Waals surface area contributed by atoms with Crippen molar-refractivity contribution in [3.05, 3.63) is 36.0 Å². The Hall–Kier alpha value is -2.32. The molecule has 0 saturated carbocycles. The van der Waals surface area contributed by atoms with Crippen molar-refractivity contribution in [1.82, 2.24) is 4.57 Å². The molecule has 2 aromatic rings. The van der Waals surface area contributed by atoms with Crippen LogP contribution in [0.3, 0.4) is 0 Å². The molecule has 1 unspecified atom stereocenters. The van der Waals surface area contributed by atoms with Crippen LogP contribution in [0.15, 0.2) is 30.5 Å². The maximum atomic E-state index is 10.9. The van der Waals surface area contributed by atoms with Crippen LogP contribution in [0.4, 0.5) is 0 Å². The summed E-state index contributed by atoms with van der Waals surface area (Å²) in [6.45, 7) is 1.18. The van der Waals surface area contributed by atoms with E-state index in [1.165, 1.54) is 6.92 Å². The van der Waals surface area contributed by atoms with E-state index in [0.717, 1.165) is 10.9 Å². The highest BCUT2D eigenvalue weighted by atomic mass is 16.4. The number of hydrogen-bond acceptors (Lipinski definition) is 3. The smallest absolute Gasteiger partial charge is 0.337 e. The fourth-order valence-corrected chi connectivity index (χ4v) is 1.86. The molecule has 0 aliphatic rings. The van der Waals surface area contributed by atoms with Gasteiger partial charge in [-0.05, 0) is 25.1 Å². The highest BCUT2D eigenvalue weighted by Gasteiger charge is 2.30. The van der Waals surface area contributed by atoms with E-state index in [1.54, 1.807) is 35.0 Å². The third-order valence-corrected chi connectivity index (χ3v) is 2.87. The monoisotopic (exact) mass is 244 g/mol. The molecule has 0 spiro atoms. The van der Waals surface area contributed by atoms with Crippen LogP contribution in [-0.2, 0) is 11.3 Å². The number of benzene rings is 1. The summed E-state index contributed by atoms with van der Waals surface area (Å²) < 4.78 is 1.63. The minimum atomic E-state index is -1.84. The lowest BCUT2D eigenvalue weighted by Crippen LogP contribution is -2.39. The molecule has 92 valence electrons. The summed E-state index contributed by atoms with van der Waals surface area (Å²) in [7, 11) is 0. The number of aromatic nitrogens is 1. The second-order valence-electron chi connectivity index (χ2n) is 4.37. The first-order valence-electron chi connectivity index (χ1n) is 5.39. The molecule has 0 amide bonds. The Bertz CT molecular complexity index is 650. The van der Waals surface area contributed by atoms with Gasteiger partial charge in [0.05, 0.1) is 18.2 Å². The summed E-state index contributed by atoms with van der Waals surface area (Å²) in [6.07, 6.45) is 1.67. The quantitative estimate of drug-likeness (QED) is 0.853. The van der Waals surface area contributed by atoms with E-state index in [9.17, 15) is 9.90 Å². The summed E-state index contributed by atoms with van der Waals surface area (Å²) in [6, 6.07) is 9.03. The van der Waals surface area contributed by atoms with E-state index in [-0.39, 0.29) is 6.54 Å². The summed E-state index contributed by atoms with van der Waals surface area (Å²) in [4.78, 5) is 10.9. The van der Waals surface area contributed by atoms with Crippen molar-refractivity contribution in [2.45, 2.75) is 19.1 Å². The molecule has 5 nitrogen and oxygen atoms in total. The lowest BCUT2D eigenvalue weighted by atomic mass is 10.1. The van der Waals surface area contributed by atoms with Crippen LogP contribution in [-0.4, -0.2) is 26.4 Å². The Morgan fingerprint density at radius 2 is 2.22 bits per heavy atom. The van der Waals surface area contributed by atoms with Crippen molar-refractivity contribution in [2.24, 2.45) is 0 Å². The van der Waals surface area contributed by atoms with Crippen molar-refractivity contribution in [2.75, 3.05) is 0 Å². The molecule has 5 heteroatoms. The van der Waals surface area contributed by atoms with Gasteiger partial charge in [-0.2, -0.15) is 5.26 Å². The Balaban J connectivity index is 2.49. The lowest BCUT2D eigenvalue weighted by Gasteiger charge is -2.19. The lowest BCUT2D eigenvalue weighted by molar-refractivity contribution is -0.157. The zero-order chi connectivity index (χ0) is 13.3. The normalized spacial score (nSPS) is 14.1. The molecule has 1 atom stereocenters. The predicted molar refractivity (Wildman–Crippen MR) is 64.9 cm³/mol.